The normalized spacial score (nSPS) is 21.6. The molecular weight excluding hydrogens is 420 g/mol. The van der Waals surface area contributed by atoms with Crippen LogP contribution >= 0.6 is 15.9 Å². The van der Waals surface area contributed by atoms with Crippen molar-refractivity contribution < 1.29 is 4.79 Å². The van der Waals surface area contributed by atoms with Crippen molar-refractivity contribution in [1.82, 2.24) is 15.2 Å². The first-order chi connectivity index (χ1) is 13.3. The topological polar surface area (TPSA) is 112 Å². The first-order valence-corrected chi connectivity index (χ1v) is 9.68. The second kappa shape index (κ2) is 6.60. The van der Waals surface area contributed by atoms with E-state index < -0.39 is 5.92 Å². The summed E-state index contributed by atoms with van der Waals surface area (Å²) >= 11 is 3.44. The highest BCUT2D eigenvalue weighted by atomic mass is 79.9. The number of carbonyl (C=O) groups excluding carboxylic acids is 1. The van der Waals surface area contributed by atoms with E-state index in [9.17, 15) is 10.1 Å². The molecule has 3 N–H and O–H groups in total. The molecule has 0 bridgehead atoms. The van der Waals surface area contributed by atoms with Gasteiger partial charge < -0.3 is 5.73 Å². The average molecular weight is 439 g/mol. The van der Waals surface area contributed by atoms with Gasteiger partial charge in [-0.1, -0.05) is 41.9 Å². The second-order valence-electron chi connectivity index (χ2n) is 7.84. The Bertz CT molecular complexity index is 1040. The van der Waals surface area contributed by atoms with Crippen molar-refractivity contribution in [3.05, 3.63) is 63.3 Å². The summed E-state index contributed by atoms with van der Waals surface area (Å²) < 4.78 is 0.927. The molecule has 1 aromatic heterocycles. The summed E-state index contributed by atoms with van der Waals surface area (Å²) in [6.07, 6.45) is 2.44. The zero-order chi connectivity index (χ0) is 20.1. The molecule has 0 saturated carbocycles. The molecule has 28 heavy (non-hydrogen) atoms. The van der Waals surface area contributed by atoms with Crippen LogP contribution in [0, 0.1) is 16.7 Å². The fourth-order valence-corrected chi connectivity index (χ4v) is 4.31. The van der Waals surface area contributed by atoms with Crippen LogP contribution in [0.15, 0.2) is 57.7 Å². The molecule has 0 radical (unpaired) electrons. The SMILES string of the molecule is CC1(C)CC(=O)C2=C(C1)N(c1ncn[nH]1)C(N)=C(C#N)[C@H]2c1ccc(Br)cc1. The Hall–Kier alpha value is -2.92. The van der Waals surface area contributed by atoms with Crippen LogP contribution in [0.1, 0.15) is 38.2 Å². The third-order valence-electron chi connectivity index (χ3n) is 5.20. The third-order valence-corrected chi connectivity index (χ3v) is 5.73. The molecule has 0 amide bonds. The zero-order valence-corrected chi connectivity index (χ0v) is 17.1. The Morgan fingerprint density at radius 3 is 2.64 bits per heavy atom. The van der Waals surface area contributed by atoms with Crippen LogP contribution < -0.4 is 10.6 Å². The van der Waals surface area contributed by atoms with Gasteiger partial charge in [0.1, 0.15) is 12.1 Å². The molecule has 2 heterocycles. The standard InChI is InChI=1S/C20H19BrN6O/c1-20(2)7-14-17(15(28)8-20)16(11-3-5-12(21)6-4-11)13(9-22)18(23)27(14)19-24-10-25-26-19/h3-6,10,16H,7-8,23H2,1-2H3,(H,24,25,26)/t16-/m1/s1. The number of H-pyrrole nitrogens is 1. The van der Waals surface area contributed by atoms with Crippen LogP contribution in [0.25, 0.3) is 0 Å². The molecule has 8 heteroatoms. The summed E-state index contributed by atoms with van der Waals surface area (Å²) in [5, 5.41) is 16.7. The molecular formula is C20H19BrN6O. The molecule has 1 atom stereocenters. The number of aromatic amines is 1. The van der Waals surface area contributed by atoms with Crippen molar-refractivity contribution >= 4 is 27.7 Å². The van der Waals surface area contributed by atoms with E-state index >= 15 is 0 Å². The number of allylic oxidation sites excluding steroid dienone is 3. The van der Waals surface area contributed by atoms with E-state index in [0.717, 1.165) is 15.7 Å². The average Bonchev–Trinajstić information content (AvgIpc) is 3.14. The quantitative estimate of drug-likeness (QED) is 0.741. The molecule has 142 valence electrons. The molecule has 0 spiro atoms. The van der Waals surface area contributed by atoms with Gasteiger partial charge in [-0.25, -0.2) is 5.10 Å². The number of ketones is 1. The van der Waals surface area contributed by atoms with Crippen LogP contribution in [0.4, 0.5) is 5.95 Å². The highest BCUT2D eigenvalue weighted by Gasteiger charge is 2.45. The first kappa shape index (κ1) is 18.4. The largest absolute Gasteiger partial charge is 0.384 e. The Balaban J connectivity index is 1.99. The maximum Gasteiger partial charge on any atom is 0.231 e. The Morgan fingerprint density at radius 2 is 2.04 bits per heavy atom. The highest BCUT2D eigenvalue weighted by molar-refractivity contribution is 9.10. The molecule has 1 aliphatic carbocycles. The minimum absolute atomic E-state index is 0.0314. The molecule has 2 aliphatic rings. The first-order valence-electron chi connectivity index (χ1n) is 8.89. The lowest BCUT2D eigenvalue weighted by Gasteiger charge is -2.42. The van der Waals surface area contributed by atoms with Gasteiger partial charge in [0, 0.05) is 22.2 Å². The number of benzene rings is 1. The smallest absolute Gasteiger partial charge is 0.231 e. The number of nitrogens with two attached hydrogens (primary N) is 1. The van der Waals surface area contributed by atoms with Crippen molar-refractivity contribution in [2.45, 2.75) is 32.6 Å². The predicted octanol–water partition coefficient (Wildman–Crippen LogP) is 3.51. The number of rotatable bonds is 2. The summed E-state index contributed by atoms with van der Waals surface area (Å²) in [6.45, 7) is 4.11. The van der Waals surface area contributed by atoms with Crippen molar-refractivity contribution in [2.75, 3.05) is 4.90 Å². The van der Waals surface area contributed by atoms with Crippen molar-refractivity contribution in [2.24, 2.45) is 11.1 Å². The van der Waals surface area contributed by atoms with Gasteiger partial charge in [0.15, 0.2) is 5.78 Å². The number of nitrogens with one attached hydrogen (secondary N) is 1. The molecule has 0 saturated heterocycles. The van der Waals surface area contributed by atoms with E-state index in [1.54, 1.807) is 4.90 Å². The fourth-order valence-electron chi connectivity index (χ4n) is 4.05. The van der Waals surface area contributed by atoms with Crippen molar-refractivity contribution in [1.29, 1.82) is 5.26 Å². The molecule has 0 unspecified atom stereocenters. The second-order valence-corrected chi connectivity index (χ2v) is 8.76. The fraction of sp³-hybridized carbons (Fsp3) is 0.300. The number of hydrogen-bond donors (Lipinski definition) is 2. The molecule has 1 aliphatic heterocycles. The summed E-state index contributed by atoms with van der Waals surface area (Å²) in [5.41, 5.74) is 8.84. The van der Waals surface area contributed by atoms with Crippen molar-refractivity contribution in [3.8, 4) is 6.07 Å². The van der Waals surface area contributed by atoms with Crippen LogP contribution in [-0.2, 0) is 4.79 Å². The maximum atomic E-state index is 13.3. The number of aromatic nitrogens is 3. The number of Topliss-reactive ketones (excluding diaryl/α,β-unsaturated/α-hetero) is 1. The van der Waals surface area contributed by atoms with Gasteiger partial charge in [0.2, 0.25) is 5.95 Å². The Kier molecular flexibility index (Phi) is 4.35. The van der Waals surface area contributed by atoms with Gasteiger partial charge >= 0.3 is 0 Å². The molecule has 0 fully saturated rings. The van der Waals surface area contributed by atoms with Crippen LogP contribution in [0.5, 0.6) is 0 Å². The molecule has 2 aromatic rings. The number of hydrogen-bond acceptors (Lipinski definition) is 6. The van der Waals surface area contributed by atoms with Crippen LogP contribution in [0.3, 0.4) is 0 Å². The lowest BCUT2D eigenvalue weighted by atomic mass is 9.68. The number of halogens is 1. The third kappa shape index (κ3) is 2.92. The minimum Gasteiger partial charge on any atom is -0.384 e. The van der Waals surface area contributed by atoms with Gasteiger partial charge in [-0.05, 0) is 29.5 Å². The van der Waals surface area contributed by atoms with E-state index in [0.29, 0.717) is 29.9 Å². The number of nitriles is 1. The van der Waals surface area contributed by atoms with Gasteiger partial charge in [-0.15, -0.1) is 0 Å². The van der Waals surface area contributed by atoms with Crippen LogP contribution in [0.2, 0.25) is 0 Å². The highest BCUT2D eigenvalue weighted by Crippen LogP contribution is 2.49. The lowest BCUT2D eigenvalue weighted by molar-refractivity contribution is -0.118. The number of anilines is 1. The van der Waals surface area contributed by atoms with Gasteiger partial charge in [-0.2, -0.15) is 15.3 Å². The van der Waals surface area contributed by atoms with E-state index in [4.69, 9.17) is 5.73 Å². The van der Waals surface area contributed by atoms with Crippen LogP contribution in [-0.4, -0.2) is 21.0 Å². The summed E-state index contributed by atoms with van der Waals surface area (Å²) in [5.74, 6) is 0.216. The Labute approximate surface area is 171 Å². The van der Waals surface area contributed by atoms with Gasteiger partial charge in [0.25, 0.3) is 0 Å². The summed E-state index contributed by atoms with van der Waals surface area (Å²) in [7, 11) is 0. The zero-order valence-electron chi connectivity index (χ0n) is 15.5. The number of nitrogens with zero attached hydrogens (tertiary/aromatic N) is 4. The molecule has 4 rings (SSSR count). The van der Waals surface area contributed by atoms with Crippen molar-refractivity contribution in [3.63, 3.8) is 0 Å². The molecule has 7 nitrogen and oxygen atoms in total. The van der Waals surface area contributed by atoms with Gasteiger partial charge in [0.05, 0.1) is 17.6 Å². The Morgan fingerprint density at radius 1 is 1.32 bits per heavy atom. The van der Waals surface area contributed by atoms with E-state index in [-0.39, 0.29) is 17.0 Å². The summed E-state index contributed by atoms with van der Waals surface area (Å²) in [6, 6.07) is 9.88. The monoisotopic (exact) mass is 438 g/mol. The summed E-state index contributed by atoms with van der Waals surface area (Å²) in [4.78, 5) is 19.2. The van der Waals surface area contributed by atoms with Gasteiger partial charge in [-0.3, -0.25) is 9.69 Å². The predicted molar refractivity (Wildman–Crippen MR) is 108 cm³/mol. The molecule has 1 aromatic carbocycles. The number of carbonyl (C=O) groups is 1. The minimum atomic E-state index is -0.490. The van der Waals surface area contributed by atoms with E-state index in [1.807, 2.05) is 24.3 Å². The maximum absolute atomic E-state index is 13.3. The van der Waals surface area contributed by atoms with E-state index in [1.165, 1.54) is 6.33 Å². The van der Waals surface area contributed by atoms with E-state index in [2.05, 4.69) is 51.0 Å². The lowest BCUT2D eigenvalue weighted by Crippen LogP contribution is -2.42.